The molecule has 0 fully saturated rings. The van der Waals surface area contributed by atoms with Gasteiger partial charge in [0.2, 0.25) is 0 Å². The molecule has 0 amide bonds. The molecule has 2 rings (SSSR count). The van der Waals surface area contributed by atoms with Crippen LogP contribution in [0.3, 0.4) is 0 Å². The van der Waals surface area contributed by atoms with Crippen LogP contribution < -0.4 is 5.32 Å². The zero-order chi connectivity index (χ0) is 13.5. The van der Waals surface area contributed by atoms with E-state index in [4.69, 9.17) is 9.72 Å². The normalized spacial score (nSPS) is 18.9. The molecule has 19 heavy (non-hydrogen) atoms. The van der Waals surface area contributed by atoms with Crippen molar-refractivity contribution in [2.45, 2.75) is 51.5 Å². The summed E-state index contributed by atoms with van der Waals surface area (Å²) in [6.45, 7) is 3.96. The van der Waals surface area contributed by atoms with E-state index in [0.29, 0.717) is 12.6 Å². The molecule has 106 valence electrons. The zero-order valence-electron chi connectivity index (χ0n) is 12.1. The second kappa shape index (κ2) is 7.56. The lowest BCUT2D eigenvalue weighted by atomic mass is 10.0. The lowest BCUT2D eigenvalue weighted by Gasteiger charge is -2.18. The molecule has 1 aromatic rings. The lowest BCUT2D eigenvalue weighted by Crippen LogP contribution is -2.23. The Morgan fingerprint density at radius 3 is 3.11 bits per heavy atom. The number of nitrogens with one attached hydrogen (secondary N) is 1. The second-order valence-corrected chi connectivity index (χ2v) is 5.18. The Bertz CT molecular complexity index is 395. The van der Waals surface area contributed by atoms with Gasteiger partial charge < -0.3 is 10.1 Å². The number of aryl methyl sites for hydroxylation is 1. The highest BCUT2D eigenvalue weighted by atomic mass is 16.5. The first kappa shape index (κ1) is 14.4. The minimum absolute atomic E-state index is 0.439. The van der Waals surface area contributed by atoms with Crippen LogP contribution in [0.2, 0.25) is 0 Å². The van der Waals surface area contributed by atoms with E-state index in [-0.39, 0.29) is 0 Å². The van der Waals surface area contributed by atoms with Crippen molar-refractivity contribution in [2.75, 3.05) is 20.3 Å². The number of hydrogen-bond acceptors (Lipinski definition) is 4. The van der Waals surface area contributed by atoms with Crippen molar-refractivity contribution >= 4 is 0 Å². The second-order valence-electron chi connectivity index (χ2n) is 5.18. The summed E-state index contributed by atoms with van der Waals surface area (Å²) in [5, 5.41) is 3.63. The van der Waals surface area contributed by atoms with Crippen molar-refractivity contribution in [3.05, 3.63) is 23.3 Å². The number of hydrogen-bond donors (Lipinski definition) is 1. The van der Waals surface area contributed by atoms with Gasteiger partial charge in [-0.05, 0) is 32.2 Å². The number of methoxy groups -OCH3 is 1. The van der Waals surface area contributed by atoms with Crippen LogP contribution in [0.5, 0.6) is 0 Å². The van der Waals surface area contributed by atoms with E-state index >= 15 is 0 Å². The van der Waals surface area contributed by atoms with Gasteiger partial charge in [-0.1, -0.05) is 13.3 Å². The van der Waals surface area contributed by atoms with Crippen LogP contribution in [0.25, 0.3) is 0 Å². The molecule has 0 spiro atoms. The van der Waals surface area contributed by atoms with Crippen LogP contribution in [-0.4, -0.2) is 30.2 Å². The summed E-state index contributed by atoms with van der Waals surface area (Å²) in [6.07, 6.45) is 8.79. The number of rotatable bonds is 6. The number of ether oxygens (including phenoxy) is 1. The van der Waals surface area contributed by atoms with Crippen molar-refractivity contribution in [1.82, 2.24) is 15.3 Å². The van der Waals surface area contributed by atoms with E-state index in [0.717, 1.165) is 25.2 Å². The Morgan fingerprint density at radius 1 is 1.42 bits per heavy atom. The van der Waals surface area contributed by atoms with Crippen molar-refractivity contribution in [1.29, 1.82) is 0 Å². The van der Waals surface area contributed by atoms with Crippen LogP contribution >= 0.6 is 0 Å². The smallest absolute Gasteiger partial charge is 0.130 e. The molecular formula is C15H25N3O. The van der Waals surface area contributed by atoms with Crippen LogP contribution in [0, 0.1) is 0 Å². The van der Waals surface area contributed by atoms with Crippen LogP contribution in [0.4, 0.5) is 0 Å². The highest BCUT2D eigenvalue weighted by molar-refractivity contribution is 5.23. The van der Waals surface area contributed by atoms with Crippen molar-refractivity contribution in [3.63, 3.8) is 0 Å². The minimum Gasteiger partial charge on any atom is -0.384 e. The average Bonchev–Trinajstić information content (AvgIpc) is 2.64. The maximum Gasteiger partial charge on any atom is 0.130 e. The molecule has 1 aromatic heterocycles. The van der Waals surface area contributed by atoms with Gasteiger partial charge in [0.15, 0.2) is 0 Å². The van der Waals surface area contributed by atoms with Crippen LogP contribution in [0.1, 0.15) is 55.7 Å². The molecule has 0 radical (unpaired) electrons. The average molecular weight is 263 g/mol. The van der Waals surface area contributed by atoms with Crippen molar-refractivity contribution in [2.24, 2.45) is 0 Å². The molecular weight excluding hydrogens is 238 g/mol. The number of fused-ring (bicyclic) bond motifs is 1. The Kier molecular flexibility index (Phi) is 5.73. The number of nitrogens with zero attached hydrogens (tertiary/aromatic N) is 2. The fourth-order valence-electron chi connectivity index (χ4n) is 2.60. The van der Waals surface area contributed by atoms with Gasteiger partial charge in [-0.3, -0.25) is 0 Å². The lowest BCUT2D eigenvalue weighted by molar-refractivity contribution is 0.200. The fourth-order valence-corrected chi connectivity index (χ4v) is 2.60. The molecule has 1 unspecified atom stereocenters. The summed E-state index contributed by atoms with van der Waals surface area (Å²) in [5.74, 6) is 0.914. The molecule has 1 atom stereocenters. The van der Waals surface area contributed by atoms with E-state index in [9.17, 15) is 0 Å². The SMILES string of the molecule is CCCNC1CCCCc2nc(CCOC)ncc21. The predicted molar refractivity (Wildman–Crippen MR) is 76.2 cm³/mol. The third kappa shape index (κ3) is 3.98. The third-order valence-corrected chi connectivity index (χ3v) is 3.65. The van der Waals surface area contributed by atoms with E-state index in [1.807, 2.05) is 6.20 Å². The molecule has 1 heterocycles. The Hall–Kier alpha value is -1.00. The van der Waals surface area contributed by atoms with Crippen LogP contribution in [-0.2, 0) is 17.6 Å². The van der Waals surface area contributed by atoms with Crippen molar-refractivity contribution in [3.8, 4) is 0 Å². The summed E-state index contributed by atoms with van der Waals surface area (Å²) in [6, 6.07) is 0.439. The molecule has 1 N–H and O–H groups in total. The highest BCUT2D eigenvalue weighted by Crippen LogP contribution is 2.27. The minimum atomic E-state index is 0.439. The maximum atomic E-state index is 5.10. The molecule has 0 bridgehead atoms. The maximum absolute atomic E-state index is 5.10. The first-order valence-electron chi connectivity index (χ1n) is 7.42. The Labute approximate surface area is 116 Å². The van der Waals surface area contributed by atoms with Crippen molar-refractivity contribution < 1.29 is 4.74 Å². The van der Waals surface area contributed by atoms with Gasteiger partial charge in [0.05, 0.1) is 6.61 Å². The molecule has 0 saturated carbocycles. The molecule has 0 aromatic carbocycles. The summed E-state index contributed by atoms with van der Waals surface area (Å²) < 4.78 is 5.10. The molecule has 0 saturated heterocycles. The van der Waals surface area contributed by atoms with E-state index in [1.165, 1.54) is 36.9 Å². The molecule has 4 nitrogen and oxygen atoms in total. The Morgan fingerprint density at radius 2 is 2.32 bits per heavy atom. The summed E-state index contributed by atoms with van der Waals surface area (Å²) in [7, 11) is 1.72. The molecule has 1 aliphatic rings. The third-order valence-electron chi connectivity index (χ3n) is 3.65. The van der Waals surface area contributed by atoms with Gasteiger partial charge in [0, 0.05) is 37.0 Å². The first-order chi connectivity index (χ1) is 9.35. The zero-order valence-corrected chi connectivity index (χ0v) is 12.1. The van der Waals surface area contributed by atoms with Gasteiger partial charge in [0.25, 0.3) is 0 Å². The van der Waals surface area contributed by atoms with Gasteiger partial charge in [-0.2, -0.15) is 0 Å². The van der Waals surface area contributed by atoms with E-state index in [1.54, 1.807) is 7.11 Å². The predicted octanol–water partition coefficient (Wildman–Crippen LogP) is 2.43. The summed E-state index contributed by atoms with van der Waals surface area (Å²) in [4.78, 5) is 9.24. The van der Waals surface area contributed by atoms with E-state index in [2.05, 4.69) is 17.2 Å². The molecule has 0 aliphatic heterocycles. The first-order valence-corrected chi connectivity index (χ1v) is 7.42. The Balaban J connectivity index is 2.14. The summed E-state index contributed by atoms with van der Waals surface area (Å²) >= 11 is 0. The topological polar surface area (TPSA) is 47.0 Å². The highest BCUT2D eigenvalue weighted by Gasteiger charge is 2.19. The largest absolute Gasteiger partial charge is 0.384 e. The van der Waals surface area contributed by atoms with Gasteiger partial charge in [-0.15, -0.1) is 0 Å². The van der Waals surface area contributed by atoms with E-state index < -0.39 is 0 Å². The monoisotopic (exact) mass is 263 g/mol. The van der Waals surface area contributed by atoms with Crippen LogP contribution in [0.15, 0.2) is 6.20 Å². The summed E-state index contributed by atoms with van der Waals surface area (Å²) in [5.41, 5.74) is 2.55. The van der Waals surface area contributed by atoms with Gasteiger partial charge in [0.1, 0.15) is 5.82 Å². The molecule has 1 aliphatic carbocycles. The van der Waals surface area contributed by atoms with Gasteiger partial charge >= 0.3 is 0 Å². The number of aromatic nitrogens is 2. The quantitative estimate of drug-likeness (QED) is 0.801. The fraction of sp³-hybridized carbons (Fsp3) is 0.733. The van der Waals surface area contributed by atoms with Gasteiger partial charge in [-0.25, -0.2) is 9.97 Å². The standard InChI is InChI=1S/C15H25N3O/c1-3-9-16-13-6-4-5-7-14-12(13)11-17-15(18-14)8-10-19-2/h11,13,16H,3-10H2,1-2H3. The molecule has 4 heteroatoms.